The second kappa shape index (κ2) is 3.68. The van der Waals surface area contributed by atoms with E-state index < -0.39 is 0 Å². The molecule has 15 heavy (non-hydrogen) atoms. The molecule has 0 bridgehead atoms. The van der Waals surface area contributed by atoms with Crippen molar-refractivity contribution in [3.8, 4) is 11.4 Å². The molecule has 2 N–H and O–H groups in total. The zero-order chi connectivity index (χ0) is 10.8. The Balaban J connectivity index is 2.44. The van der Waals surface area contributed by atoms with E-state index in [1.807, 2.05) is 26.0 Å². The lowest BCUT2D eigenvalue weighted by Crippen LogP contribution is -1.96. The maximum absolute atomic E-state index is 5.77. The summed E-state index contributed by atoms with van der Waals surface area (Å²) in [5.74, 6) is 1.53. The van der Waals surface area contributed by atoms with Gasteiger partial charge >= 0.3 is 0 Å². The molecule has 0 radical (unpaired) electrons. The molecule has 5 heteroatoms. The number of nitrogens with two attached hydrogens (primary N) is 1. The Bertz CT molecular complexity index is 478. The van der Waals surface area contributed by atoms with Gasteiger partial charge in [0, 0.05) is 12.1 Å². The lowest BCUT2D eigenvalue weighted by atomic mass is 10.2. The summed E-state index contributed by atoms with van der Waals surface area (Å²) in [6, 6.07) is 3.72. The summed E-state index contributed by atoms with van der Waals surface area (Å²) < 4.78 is 5.01. The van der Waals surface area contributed by atoms with Crippen LogP contribution in [-0.2, 0) is 6.42 Å². The maximum atomic E-state index is 5.77. The lowest BCUT2D eigenvalue weighted by Gasteiger charge is -1.99. The van der Waals surface area contributed by atoms with Gasteiger partial charge in [0.2, 0.25) is 11.7 Å². The van der Waals surface area contributed by atoms with E-state index in [9.17, 15) is 0 Å². The maximum Gasteiger partial charge on any atom is 0.226 e. The minimum atomic E-state index is 0.429. The third kappa shape index (κ3) is 1.81. The SMILES string of the molecule is CCc1nc(-c2ccc(C)nc2N)no1. The van der Waals surface area contributed by atoms with E-state index in [1.54, 1.807) is 0 Å². The number of hydrogen-bond acceptors (Lipinski definition) is 5. The van der Waals surface area contributed by atoms with E-state index in [2.05, 4.69) is 15.1 Å². The molecule has 2 aromatic heterocycles. The van der Waals surface area contributed by atoms with Crippen molar-refractivity contribution in [2.24, 2.45) is 0 Å². The van der Waals surface area contributed by atoms with Crippen molar-refractivity contribution < 1.29 is 4.52 Å². The van der Waals surface area contributed by atoms with Gasteiger partial charge in [0.15, 0.2) is 0 Å². The molecule has 0 aliphatic carbocycles. The van der Waals surface area contributed by atoms with Crippen molar-refractivity contribution >= 4 is 5.82 Å². The van der Waals surface area contributed by atoms with Crippen LogP contribution in [0.2, 0.25) is 0 Å². The van der Waals surface area contributed by atoms with Gasteiger partial charge in [0.25, 0.3) is 0 Å². The second-order valence-electron chi connectivity index (χ2n) is 3.25. The van der Waals surface area contributed by atoms with Crippen molar-refractivity contribution in [3.05, 3.63) is 23.7 Å². The first-order chi connectivity index (χ1) is 7.20. The monoisotopic (exact) mass is 204 g/mol. The van der Waals surface area contributed by atoms with Crippen molar-refractivity contribution in [2.75, 3.05) is 5.73 Å². The minimum absolute atomic E-state index is 0.429. The lowest BCUT2D eigenvalue weighted by molar-refractivity contribution is 0.383. The number of aryl methyl sites for hydroxylation is 2. The third-order valence-electron chi connectivity index (χ3n) is 2.08. The zero-order valence-corrected chi connectivity index (χ0v) is 8.69. The van der Waals surface area contributed by atoms with Gasteiger partial charge in [0.1, 0.15) is 5.82 Å². The van der Waals surface area contributed by atoms with Crippen LogP contribution in [0.25, 0.3) is 11.4 Å². The van der Waals surface area contributed by atoms with Crippen molar-refractivity contribution in [1.29, 1.82) is 0 Å². The molecule has 0 aliphatic heterocycles. The zero-order valence-electron chi connectivity index (χ0n) is 8.69. The molecule has 0 aliphatic rings. The van der Waals surface area contributed by atoms with Gasteiger partial charge in [-0.1, -0.05) is 12.1 Å². The fourth-order valence-corrected chi connectivity index (χ4v) is 1.27. The van der Waals surface area contributed by atoms with Gasteiger partial charge in [0.05, 0.1) is 5.56 Å². The van der Waals surface area contributed by atoms with Gasteiger partial charge in [-0.25, -0.2) is 4.98 Å². The quantitative estimate of drug-likeness (QED) is 0.803. The number of nitrogens with zero attached hydrogens (tertiary/aromatic N) is 3. The van der Waals surface area contributed by atoms with Crippen LogP contribution in [0.3, 0.4) is 0 Å². The molecular formula is C10H12N4O. The van der Waals surface area contributed by atoms with Crippen LogP contribution in [0.4, 0.5) is 5.82 Å². The number of pyridine rings is 1. The molecule has 2 rings (SSSR count). The van der Waals surface area contributed by atoms with Crippen LogP contribution >= 0.6 is 0 Å². The molecule has 0 atom stereocenters. The van der Waals surface area contributed by atoms with Crippen LogP contribution in [0, 0.1) is 6.92 Å². The molecule has 0 aromatic carbocycles. The highest BCUT2D eigenvalue weighted by Crippen LogP contribution is 2.21. The molecule has 78 valence electrons. The molecule has 2 aromatic rings. The second-order valence-corrected chi connectivity index (χ2v) is 3.25. The Labute approximate surface area is 87.3 Å². The average molecular weight is 204 g/mol. The predicted molar refractivity (Wildman–Crippen MR) is 56.1 cm³/mol. The Morgan fingerprint density at radius 3 is 2.73 bits per heavy atom. The fourth-order valence-electron chi connectivity index (χ4n) is 1.27. The number of aromatic nitrogens is 3. The summed E-state index contributed by atoms with van der Waals surface area (Å²) in [4.78, 5) is 8.33. The Morgan fingerprint density at radius 1 is 1.33 bits per heavy atom. The van der Waals surface area contributed by atoms with E-state index in [0.717, 1.165) is 5.69 Å². The van der Waals surface area contributed by atoms with Crippen molar-refractivity contribution in [3.63, 3.8) is 0 Å². The minimum Gasteiger partial charge on any atom is -0.383 e. The summed E-state index contributed by atoms with van der Waals surface area (Å²) in [5, 5.41) is 3.84. The van der Waals surface area contributed by atoms with Crippen LogP contribution in [0.1, 0.15) is 18.5 Å². The number of anilines is 1. The van der Waals surface area contributed by atoms with Gasteiger partial charge in [-0.2, -0.15) is 4.98 Å². The van der Waals surface area contributed by atoms with Crippen LogP contribution in [-0.4, -0.2) is 15.1 Å². The summed E-state index contributed by atoms with van der Waals surface area (Å²) in [7, 11) is 0. The van der Waals surface area contributed by atoms with Gasteiger partial charge < -0.3 is 10.3 Å². The molecule has 0 saturated heterocycles. The standard InChI is InChI=1S/C10H12N4O/c1-3-8-13-10(14-15-8)7-5-4-6(2)12-9(7)11/h4-5H,3H2,1-2H3,(H2,11,12). The van der Waals surface area contributed by atoms with E-state index in [0.29, 0.717) is 29.5 Å². The van der Waals surface area contributed by atoms with Gasteiger partial charge in [-0.15, -0.1) is 0 Å². The van der Waals surface area contributed by atoms with Crippen molar-refractivity contribution in [2.45, 2.75) is 20.3 Å². The van der Waals surface area contributed by atoms with E-state index in [4.69, 9.17) is 10.3 Å². The Morgan fingerprint density at radius 2 is 2.13 bits per heavy atom. The molecule has 0 amide bonds. The predicted octanol–water partition coefficient (Wildman–Crippen LogP) is 1.58. The molecule has 0 spiro atoms. The van der Waals surface area contributed by atoms with Gasteiger partial charge in [-0.05, 0) is 19.1 Å². The van der Waals surface area contributed by atoms with Crippen LogP contribution in [0.15, 0.2) is 16.7 Å². The highest BCUT2D eigenvalue weighted by atomic mass is 16.5. The summed E-state index contributed by atoms with van der Waals surface area (Å²) >= 11 is 0. The third-order valence-corrected chi connectivity index (χ3v) is 2.08. The van der Waals surface area contributed by atoms with Crippen LogP contribution < -0.4 is 5.73 Å². The molecule has 0 unspecified atom stereocenters. The number of hydrogen-bond donors (Lipinski definition) is 1. The summed E-state index contributed by atoms with van der Waals surface area (Å²) in [6.45, 7) is 3.84. The highest BCUT2D eigenvalue weighted by Gasteiger charge is 2.10. The normalized spacial score (nSPS) is 10.5. The molecule has 5 nitrogen and oxygen atoms in total. The first kappa shape index (κ1) is 9.64. The number of rotatable bonds is 2. The highest BCUT2D eigenvalue weighted by molar-refractivity contribution is 5.67. The topological polar surface area (TPSA) is 77.8 Å². The van der Waals surface area contributed by atoms with Gasteiger partial charge in [-0.3, -0.25) is 0 Å². The van der Waals surface area contributed by atoms with E-state index >= 15 is 0 Å². The largest absolute Gasteiger partial charge is 0.383 e. The van der Waals surface area contributed by atoms with E-state index in [-0.39, 0.29) is 0 Å². The summed E-state index contributed by atoms with van der Waals surface area (Å²) in [6.07, 6.45) is 0.714. The molecular weight excluding hydrogens is 192 g/mol. The molecule has 2 heterocycles. The Hall–Kier alpha value is -1.91. The molecule has 0 fully saturated rings. The van der Waals surface area contributed by atoms with E-state index in [1.165, 1.54) is 0 Å². The Kier molecular flexibility index (Phi) is 2.37. The molecule has 0 saturated carbocycles. The smallest absolute Gasteiger partial charge is 0.226 e. The first-order valence-electron chi connectivity index (χ1n) is 4.76. The first-order valence-corrected chi connectivity index (χ1v) is 4.76. The number of nitrogen functional groups attached to an aromatic ring is 1. The summed E-state index contributed by atoms with van der Waals surface area (Å²) in [5.41, 5.74) is 7.35. The van der Waals surface area contributed by atoms with Crippen LogP contribution in [0.5, 0.6) is 0 Å². The average Bonchev–Trinajstić information content (AvgIpc) is 2.66. The fraction of sp³-hybridized carbons (Fsp3) is 0.300. The van der Waals surface area contributed by atoms with Crippen molar-refractivity contribution in [1.82, 2.24) is 15.1 Å².